The highest BCUT2D eigenvalue weighted by Crippen LogP contribution is 2.24. The molecule has 3 heterocycles. The van der Waals surface area contributed by atoms with Crippen molar-refractivity contribution in [2.24, 2.45) is 0 Å². The average Bonchev–Trinajstić information content (AvgIpc) is 3.25. The first-order chi connectivity index (χ1) is 14.2. The van der Waals surface area contributed by atoms with Crippen molar-refractivity contribution >= 4 is 23.2 Å². The van der Waals surface area contributed by atoms with Crippen molar-refractivity contribution in [1.82, 2.24) is 14.7 Å². The van der Waals surface area contributed by atoms with E-state index in [0.717, 1.165) is 52.1 Å². The number of nitrogens with zero attached hydrogens (tertiary/aromatic N) is 3. The van der Waals surface area contributed by atoms with Crippen LogP contribution in [0.5, 0.6) is 0 Å². The molecule has 0 atom stereocenters. The molecule has 4 rings (SSSR count). The van der Waals surface area contributed by atoms with Crippen molar-refractivity contribution in [3.05, 3.63) is 57.8 Å². The Hall–Kier alpha value is -2.18. The van der Waals surface area contributed by atoms with Gasteiger partial charge in [-0.25, -0.2) is 0 Å². The Labute approximate surface area is 176 Å². The first-order valence-electron chi connectivity index (χ1n) is 10.6. The predicted octanol–water partition coefficient (Wildman–Crippen LogP) is 2.80. The van der Waals surface area contributed by atoms with Gasteiger partial charge in [-0.05, 0) is 35.4 Å². The third-order valence-corrected chi connectivity index (χ3v) is 7.02. The number of hydrogen-bond donors (Lipinski definition) is 0. The highest BCUT2D eigenvalue weighted by molar-refractivity contribution is 7.10. The SMILES string of the molecule is O=C(CCC(=O)N1CCc2sccc2C1)N1CCN(CCc2ccccc2)CC1. The summed E-state index contributed by atoms with van der Waals surface area (Å²) in [7, 11) is 0. The molecule has 5 nitrogen and oxygen atoms in total. The van der Waals surface area contributed by atoms with Gasteiger partial charge in [-0.15, -0.1) is 11.3 Å². The van der Waals surface area contributed by atoms with Crippen LogP contribution in [0, 0.1) is 0 Å². The van der Waals surface area contributed by atoms with Gasteiger partial charge in [-0.3, -0.25) is 14.5 Å². The number of amides is 2. The molecular weight excluding hydrogens is 382 g/mol. The summed E-state index contributed by atoms with van der Waals surface area (Å²) in [4.78, 5) is 32.8. The second-order valence-electron chi connectivity index (χ2n) is 7.89. The second-order valence-corrected chi connectivity index (χ2v) is 8.89. The summed E-state index contributed by atoms with van der Waals surface area (Å²) >= 11 is 1.78. The van der Waals surface area contributed by atoms with Crippen LogP contribution in [0.15, 0.2) is 41.8 Å². The lowest BCUT2D eigenvalue weighted by atomic mass is 10.1. The molecule has 0 saturated carbocycles. The van der Waals surface area contributed by atoms with Crippen molar-refractivity contribution in [3.8, 4) is 0 Å². The highest BCUT2D eigenvalue weighted by atomic mass is 32.1. The van der Waals surface area contributed by atoms with E-state index in [1.165, 1.54) is 16.0 Å². The van der Waals surface area contributed by atoms with Crippen molar-refractivity contribution in [2.75, 3.05) is 39.3 Å². The standard InChI is InChI=1S/C23H29N3O2S/c27-22(6-7-23(28)26-12-9-21-20(18-26)10-17-29-21)25-15-13-24(14-16-25)11-8-19-4-2-1-3-5-19/h1-5,10,17H,6-9,11-16,18H2. The van der Waals surface area contributed by atoms with E-state index in [-0.39, 0.29) is 11.8 Å². The fraction of sp³-hybridized carbons (Fsp3) is 0.478. The topological polar surface area (TPSA) is 43.9 Å². The Bertz CT molecular complexity index is 828. The van der Waals surface area contributed by atoms with Crippen molar-refractivity contribution in [1.29, 1.82) is 0 Å². The zero-order valence-corrected chi connectivity index (χ0v) is 17.7. The molecule has 1 saturated heterocycles. The molecular formula is C23H29N3O2S. The molecule has 1 fully saturated rings. The number of fused-ring (bicyclic) bond motifs is 1. The molecule has 154 valence electrons. The minimum absolute atomic E-state index is 0.108. The monoisotopic (exact) mass is 411 g/mol. The second kappa shape index (κ2) is 9.55. The molecule has 0 N–H and O–H groups in total. The summed E-state index contributed by atoms with van der Waals surface area (Å²) < 4.78 is 0. The van der Waals surface area contributed by atoms with E-state index in [2.05, 4.69) is 40.6 Å². The molecule has 1 aromatic carbocycles. The smallest absolute Gasteiger partial charge is 0.223 e. The highest BCUT2D eigenvalue weighted by Gasteiger charge is 2.24. The Balaban J connectivity index is 1.16. The van der Waals surface area contributed by atoms with Crippen LogP contribution in [0.1, 0.15) is 28.8 Å². The number of piperazine rings is 1. The lowest BCUT2D eigenvalue weighted by Crippen LogP contribution is -2.49. The summed E-state index contributed by atoms with van der Waals surface area (Å²) in [5.74, 6) is 0.228. The summed E-state index contributed by atoms with van der Waals surface area (Å²) in [6.07, 6.45) is 2.64. The Morgan fingerprint density at radius 1 is 0.862 bits per heavy atom. The van der Waals surface area contributed by atoms with Crippen LogP contribution < -0.4 is 0 Å². The van der Waals surface area contributed by atoms with Gasteiger partial charge in [0.25, 0.3) is 0 Å². The van der Waals surface area contributed by atoms with Crippen LogP contribution in [0.3, 0.4) is 0 Å². The van der Waals surface area contributed by atoms with E-state index in [4.69, 9.17) is 0 Å². The van der Waals surface area contributed by atoms with Gasteiger partial charge >= 0.3 is 0 Å². The van der Waals surface area contributed by atoms with Crippen LogP contribution in [0.4, 0.5) is 0 Å². The van der Waals surface area contributed by atoms with Gasteiger partial charge in [0, 0.05) is 63.5 Å². The molecule has 2 amide bonds. The molecule has 29 heavy (non-hydrogen) atoms. The molecule has 2 aromatic rings. The third kappa shape index (κ3) is 5.25. The molecule has 1 aromatic heterocycles. The van der Waals surface area contributed by atoms with Crippen LogP contribution in [-0.4, -0.2) is 65.8 Å². The molecule has 2 aliphatic heterocycles. The first-order valence-corrected chi connectivity index (χ1v) is 11.4. The normalized spacial score (nSPS) is 17.2. The summed E-state index contributed by atoms with van der Waals surface area (Å²) in [5.41, 5.74) is 2.63. The van der Waals surface area contributed by atoms with Gasteiger partial charge in [0.15, 0.2) is 0 Å². The van der Waals surface area contributed by atoms with Gasteiger partial charge in [0.2, 0.25) is 11.8 Å². The Morgan fingerprint density at radius 2 is 1.59 bits per heavy atom. The molecule has 0 spiro atoms. The van der Waals surface area contributed by atoms with Crippen LogP contribution >= 0.6 is 11.3 Å². The van der Waals surface area contributed by atoms with E-state index in [1.54, 1.807) is 11.3 Å². The van der Waals surface area contributed by atoms with E-state index in [9.17, 15) is 9.59 Å². The number of thiophene rings is 1. The minimum Gasteiger partial charge on any atom is -0.340 e. The molecule has 6 heteroatoms. The number of rotatable bonds is 6. The van der Waals surface area contributed by atoms with E-state index >= 15 is 0 Å². The van der Waals surface area contributed by atoms with Crippen LogP contribution in [0.25, 0.3) is 0 Å². The number of carbonyl (C=O) groups is 2. The molecule has 0 radical (unpaired) electrons. The van der Waals surface area contributed by atoms with E-state index in [0.29, 0.717) is 19.4 Å². The van der Waals surface area contributed by atoms with Gasteiger partial charge < -0.3 is 9.80 Å². The fourth-order valence-corrected chi connectivity index (χ4v) is 5.03. The first kappa shape index (κ1) is 20.1. The zero-order chi connectivity index (χ0) is 20.1. The van der Waals surface area contributed by atoms with Crippen molar-refractivity contribution in [2.45, 2.75) is 32.2 Å². The largest absolute Gasteiger partial charge is 0.340 e. The Morgan fingerprint density at radius 3 is 2.34 bits per heavy atom. The summed E-state index contributed by atoms with van der Waals surface area (Å²) in [5, 5.41) is 2.10. The maximum absolute atomic E-state index is 12.6. The van der Waals surface area contributed by atoms with E-state index < -0.39 is 0 Å². The minimum atomic E-state index is 0.108. The van der Waals surface area contributed by atoms with Crippen LogP contribution in [0.2, 0.25) is 0 Å². The molecule has 0 bridgehead atoms. The van der Waals surface area contributed by atoms with Gasteiger partial charge in [-0.1, -0.05) is 30.3 Å². The van der Waals surface area contributed by atoms with Gasteiger partial charge in [0.1, 0.15) is 0 Å². The Kier molecular flexibility index (Phi) is 6.62. The van der Waals surface area contributed by atoms with Crippen molar-refractivity contribution < 1.29 is 9.59 Å². The number of hydrogen-bond acceptors (Lipinski definition) is 4. The lowest BCUT2D eigenvalue weighted by molar-refractivity contribution is -0.138. The van der Waals surface area contributed by atoms with E-state index in [1.807, 2.05) is 15.9 Å². The maximum atomic E-state index is 12.6. The average molecular weight is 412 g/mol. The molecule has 0 aliphatic carbocycles. The fourth-order valence-electron chi connectivity index (χ4n) is 4.14. The maximum Gasteiger partial charge on any atom is 0.223 e. The van der Waals surface area contributed by atoms with Gasteiger partial charge in [-0.2, -0.15) is 0 Å². The quantitative estimate of drug-likeness (QED) is 0.734. The lowest BCUT2D eigenvalue weighted by Gasteiger charge is -2.35. The zero-order valence-electron chi connectivity index (χ0n) is 16.9. The molecule has 2 aliphatic rings. The van der Waals surface area contributed by atoms with Gasteiger partial charge in [0.05, 0.1) is 0 Å². The van der Waals surface area contributed by atoms with Crippen molar-refractivity contribution in [3.63, 3.8) is 0 Å². The summed E-state index contributed by atoms with van der Waals surface area (Å²) in [6, 6.07) is 12.6. The molecule has 0 unspecified atom stereocenters. The predicted molar refractivity (Wildman–Crippen MR) is 116 cm³/mol. The summed E-state index contributed by atoms with van der Waals surface area (Å²) in [6.45, 7) is 5.88. The van der Waals surface area contributed by atoms with Crippen LogP contribution in [-0.2, 0) is 29.0 Å². The number of carbonyl (C=O) groups excluding carboxylic acids is 2. The number of benzene rings is 1. The third-order valence-electron chi connectivity index (χ3n) is 6.00.